The van der Waals surface area contributed by atoms with Crippen LogP contribution in [0.25, 0.3) is 0 Å². The van der Waals surface area contributed by atoms with Crippen molar-refractivity contribution in [2.45, 2.75) is 80.9 Å². The van der Waals surface area contributed by atoms with E-state index in [2.05, 4.69) is 55.1 Å². The maximum Gasteiger partial charge on any atom is 0.218 e. The lowest BCUT2D eigenvalue weighted by atomic mass is 9.48. The fourth-order valence-corrected chi connectivity index (χ4v) is 10.7. The van der Waals surface area contributed by atoms with Crippen molar-refractivity contribution in [2.75, 3.05) is 19.6 Å². The molecule has 1 spiro atoms. The summed E-state index contributed by atoms with van der Waals surface area (Å²) < 4.78 is 37.0. The zero-order valence-corrected chi connectivity index (χ0v) is 25.5. The van der Waals surface area contributed by atoms with Gasteiger partial charge in [0, 0.05) is 24.7 Å². The molecule has 222 valence electrons. The number of nitrogens with zero attached hydrogens (tertiary/aromatic N) is 2. The molecule has 0 radical (unpaired) electrons. The summed E-state index contributed by atoms with van der Waals surface area (Å²) in [5, 5.41) is 12.9. The van der Waals surface area contributed by atoms with Gasteiger partial charge in [-0.1, -0.05) is 86.6 Å². The molecule has 1 N–H and O–H groups in total. The third-order valence-corrected chi connectivity index (χ3v) is 12.3. The molecule has 2 heterocycles. The SMILES string of the molecule is CC(C)CN([C@@H]1CC[C@@]2(O)[C@H]3Cc4cccc5c4[C@@]2(CCN3CCc2ccccc2)[C@H]1O5)S(=O)(=O)Cc1ccccc1. The molecule has 5 atom stereocenters. The van der Waals surface area contributed by atoms with E-state index in [1.165, 1.54) is 11.1 Å². The Morgan fingerprint density at radius 2 is 1.69 bits per heavy atom. The summed E-state index contributed by atoms with van der Waals surface area (Å²) in [5.74, 6) is 0.964. The van der Waals surface area contributed by atoms with Gasteiger partial charge >= 0.3 is 0 Å². The maximum absolute atomic E-state index is 14.2. The summed E-state index contributed by atoms with van der Waals surface area (Å²) in [5.41, 5.74) is 2.89. The Morgan fingerprint density at radius 3 is 2.40 bits per heavy atom. The van der Waals surface area contributed by atoms with Gasteiger partial charge in [0.05, 0.1) is 22.8 Å². The minimum atomic E-state index is -3.64. The second-order valence-corrected chi connectivity index (χ2v) is 15.2. The first-order valence-electron chi connectivity index (χ1n) is 15.6. The summed E-state index contributed by atoms with van der Waals surface area (Å²) in [6, 6.07) is 26.0. The summed E-state index contributed by atoms with van der Waals surface area (Å²) in [6.45, 7) is 6.34. The average Bonchev–Trinajstić information content (AvgIpc) is 3.31. The smallest absolute Gasteiger partial charge is 0.218 e. The van der Waals surface area contributed by atoms with Gasteiger partial charge in [0.2, 0.25) is 10.0 Å². The van der Waals surface area contributed by atoms with Crippen molar-refractivity contribution in [2.24, 2.45) is 5.92 Å². The lowest BCUT2D eigenvalue weighted by Crippen LogP contribution is -2.78. The van der Waals surface area contributed by atoms with Crippen molar-refractivity contribution in [3.05, 3.63) is 101 Å². The van der Waals surface area contributed by atoms with Crippen LogP contribution in [0.1, 0.15) is 55.4 Å². The molecule has 2 fully saturated rings. The van der Waals surface area contributed by atoms with Gasteiger partial charge in [0.1, 0.15) is 11.9 Å². The molecule has 2 bridgehead atoms. The molecule has 2 aliphatic heterocycles. The first-order valence-corrected chi connectivity index (χ1v) is 17.2. The Morgan fingerprint density at radius 1 is 0.976 bits per heavy atom. The van der Waals surface area contributed by atoms with Crippen LogP contribution in [0.15, 0.2) is 78.9 Å². The normalized spacial score (nSPS) is 29.9. The topological polar surface area (TPSA) is 70.1 Å². The fraction of sp³-hybridized carbons (Fsp3) is 0.486. The molecule has 3 aromatic rings. The molecule has 4 aliphatic rings. The van der Waals surface area contributed by atoms with Gasteiger partial charge < -0.3 is 9.84 Å². The van der Waals surface area contributed by atoms with Crippen molar-refractivity contribution in [3.8, 4) is 5.75 Å². The zero-order valence-electron chi connectivity index (χ0n) is 24.7. The average molecular weight is 587 g/mol. The molecule has 0 unspecified atom stereocenters. The van der Waals surface area contributed by atoms with Crippen LogP contribution in [0.5, 0.6) is 5.75 Å². The quantitative estimate of drug-likeness (QED) is 0.385. The van der Waals surface area contributed by atoms with E-state index >= 15 is 0 Å². The van der Waals surface area contributed by atoms with Crippen LogP contribution in [0.2, 0.25) is 0 Å². The number of ether oxygens (including phenoxy) is 1. The van der Waals surface area contributed by atoms with E-state index in [0.717, 1.165) is 49.2 Å². The number of hydrogen-bond donors (Lipinski definition) is 1. The molecule has 6 nitrogen and oxygen atoms in total. The van der Waals surface area contributed by atoms with Crippen LogP contribution in [0.4, 0.5) is 0 Å². The molecule has 0 aromatic heterocycles. The lowest BCUT2D eigenvalue weighted by molar-refractivity contribution is -0.196. The largest absolute Gasteiger partial charge is 0.487 e. The van der Waals surface area contributed by atoms with E-state index in [-0.39, 0.29) is 23.8 Å². The summed E-state index contributed by atoms with van der Waals surface area (Å²) >= 11 is 0. The first-order chi connectivity index (χ1) is 20.2. The van der Waals surface area contributed by atoms with Crippen LogP contribution >= 0.6 is 0 Å². The molecular weight excluding hydrogens is 544 g/mol. The number of rotatable bonds is 9. The maximum atomic E-state index is 14.2. The van der Waals surface area contributed by atoms with E-state index in [1.54, 1.807) is 4.31 Å². The van der Waals surface area contributed by atoms with Crippen molar-refractivity contribution in [1.82, 2.24) is 9.21 Å². The Hall–Kier alpha value is -2.71. The predicted octanol–water partition coefficient (Wildman–Crippen LogP) is 4.94. The number of sulfonamides is 1. The molecule has 42 heavy (non-hydrogen) atoms. The first kappa shape index (κ1) is 28.1. The van der Waals surface area contributed by atoms with Gasteiger partial charge in [-0.05, 0) is 67.3 Å². The molecule has 7 rings (SSSR count). The molecule has 7 heteroatoms. The van der Waals surface area contributed by atoms with Crippen molar-refractivity contribution < 1.29 is 18.3 Å². The molecule has 2 aliphatic carbocycles. The summed E-state index contributed by atoms with van der Waals surface area (Å²) in [4.78, 5) is 2.50. The lowest BCUT2D eigenvalue weighted by Gasteiger charge is -2.64. The van der Waals surface area contributed by atoms with E-state index in [4.69, 9.17) is 4.74 Å². The number of likely N-dealkylation sites (tertiary alicyclic amines) is 1. The van der Waals surface area contributed by atoms with Gasteiger partial charge in [-0.25, -0.2) is 8.42 Å². The molecule has 1 saturated heterocycles. The molecule has 3 aromatic carbocycles. The highest BCUT2D eigenvalue weighted by molar-refractivity contribution is 7.88. The molecule has 1 saturated carbocycles. The van der Waals surface area contributed by atoms with Crippen LogP contribution in [0, 0.1) is 5.92 Å². The number of benzene rings is 3. The van der Waals surface area contributed by atoms with E-state index < -0.39 is 27.1 Å². The highest BCUT2D eigenvalue weighted by Gasteiger charge is 2.73. The highest BCUT2D eigenvalue weighted by atomic mass is 32.2. The summed E-state index contributed by atoms with van der Waals surface area (Å²) in [7, 11) is -3.64. The standard InChI is InChI=1S/C35H42N2O4S/c1-25(2)23-37(42(39,40)24-27-12-7-4-8-13-27)29-16-18-35(38)31-22-28-14-9-15-30-32(28)34(35,33(29)41-30)19-21-36(31)20-17-26-10-5-3-6-11-26/h3-15,25,29,31,33,38H,16-24H2,1-2H3/t29-,31-,33+,34+,35-/m1/s1. The highest BCUT2D eigenvalue weighted by Crippen LogP contribution is 2.64. The van der Waals surface area contributed by atoms with Gasteiger partial charge in [-0.15, -0.1) is 0 Å². The zero-order chi connectivity index (χ0) is 29.1. The van der Waals surface area contributed by atoms with Crippen molar-refractivity contribution >= 4 is 10.0 Å². The van der Waals surface area contributed by atoms with Gasteiger partial charge in [-0.3, -0.25) is 4.90 Å². The Kier molecular flexibility index (Phi) is 7.01. The van der Waals surface area contributed by atoms with E-state index in [9.17, 15) is 13.5 Å². The van der Waals surface area contributed by atoms with E-state index in [1.807, 2.05) is 42.5 Å². The summed E-state index contributed by atoms with van der Waals surface area (Å²) in [6.07, 6.45) is 3.21. The second-order valence-electron chi connectivity index (χ2n) is 13.3. The van der Waals surface area contributed by atoms with Gasteiger partial charge in [0.25, 0.3) is 0 Å². The minimum Gasteiger partial charge on any atom is -0.487 e. The number of aliphatic hydroxyl groups is 1. The number of piperidine rings is 1. The van der Waals surface area contributed by atoms with E-state index in [0.29, 0.717) is 19.4 Å². The predicted molar refractivity (Wildman–Crippen MR) is 165 cm³/mol. The van der Waals surface area contributed by atoms with Gasteiger partial charge in [-0.2, -0.15) is 4.31 Å². The Labute approximate surface area is 250 Å². The fourth-order valence-electron chi connectivity index (χ4n) is 8.74. The Bertz CT molecular complexity index is 1550. The minimum absolute atomic E-state index is 0.0256. The monoisotopic (exact) mass is 586 g/mol. The molecule has 0 amide bonds. The van der Waals surface area contributed by atoms with Crippen molar-refractivity contribution in [1.29, 1.82) is 0 Å². The van der Waals surface area contributed by atoms with Gasteiger partial charge in [0.15, 0.2) is 0 Å². The third-order valence-electron chi connectivity index (χ3n) is 10.4. The van der Waals surface area contributed by atoms with Crippen molar-refractivity contribution in [3.63, 3.8) is 0 Å². The third kappa shape index (κ3) is 4.35. The molecular formula is C35H42N2O4S. The van der Waals surface area contributed by atoms with Crippen LogP contribution in [-0.2, 0) is 34.0 Å². The van der Waals surface area contributed by atoms with Crippen LogP contribution < -0.4 is 4.74 Å². The number of hydrogen-bond acceptors (Lipinski definition) is 5. The van der Waals surface area contributed by atoms with Crippen LogP contribution in [-0.4, -0.2) is 66.2 Å². The Balaban J connectivity index is 1.26. The second kappa shape index (κ2) is 10.5. The van der Waals surface area contributed by atoms with Crippen LogP contribution in [0.3, 0.4) is 0 Å².